The molecule has 1 unspecified atom stereocenters. The smallest absolute Gasteiger partial charge is 0.159 e. The van der Waals surface area contributed by atoms with E-state index in [4.69, 9.17) is 9.98 Å². The number of fused-ring (bicyclic) bond motifs is 9. The van der Waals surface area contributed by atoms with Gasteiger partial charge in [-0.05, 0) is 47.5 Å². The predicted octanol–water partition coefficient (Wildman–Crippen LogP) is 13.7. The summed E-state index contributed by atoms with van der Waals surface area (Å²) in [6.45, 7) is 0. The molecule has 0 saturated carbocycles. The van der Waals surface area contributed by atoms with E-state index in [0.717, 1.165) is 28.4 Å². The van der Waals surface area contributed by atoms with Crippen LogP contribution < -0.4 is 5.32 Å². The molecule has 1 N–H and O–H groups in total. The zero-order valence-corrected chi connectivity index (χ0v) is 32.2. The lowest BCUT2D eigenvalue weighted by atomic mass is 10.00. The molecular weight excluding hydrogens is 733 g/mol. The van der Waals surface area contributed by atoms with Crippen LogP contribution in [0.2, 0.25) is 0 Å². The first-order chi connectivity index (χ1) is 28.2. The Morgan fingerprint density at radius 3 is 1.89 bits per heavy atom. The standard InChI is InChI=1S/C51H32N4S2/c1-3-13-31(14-4-1)49-52-50(32-15-5-2-6-16-32)54-51(53-49)41-22-12-21-40-39-20-11-19-35(47(39)57-48(40)41)33-25-28-45-42(29-33)38-27-26-34(30-46(38)56-45)55-43-23-9-7-17-36(43)37-18-8-10-24-44(37)55/h1-30,51H,(H,52,53,54). The number of hydrogen-bond donors (Lipinski definition) is 1. The summed E-state index contributed by atoms with van der Waals surface area (Å²) in [5.74, 6) is 1.56. The van der Waals surface area contributed by atoms with Crippen LogP contribution in [-0.2, 0) is 0 Å². The molecule has 4 nitrogen and oxygen atoms in total. The van der Waals surface area contributed by atoms with E-state index in [1.165, 1.54) is 79.0 Å². The number of amidine groups is 2. The third-order valence-corrected chi connectivity index (χ3v) is 13.7. The second-order valence-electron chi connectivity index (χ2n) is 14.6. The lowest BCUT2D eigenvalue weighted by Crippen LogP contribution is -2.33. The maximum absolute atomic E-state index is 5.23. The summed E-state index contributed by atoms with van der Waals surface area (Å²) >= 11 is 3.73. The van der Waals surface area contributed by atoms with Gasteiger partial charge in [0, 0.05) is 73.5 Å². The second-order valence-corrected chi connectivity index (χ2v) is 16.7. The molecule has 6 heteroatoms. The first-order valence-corrected chi connectivity index (χ1v) is 20.8. The molecule has 0 saturated heterocycles. The van der Waals surface area contributed by atoms with Crippen LogP contribution in [0.25, 0.3) is 79.0 Å². The molecule has 0 fully saturated rings. The first-order valence-electron chi connectivity index (χ1n) is 19.2. The zero-order valence-electron chi connectivity index (χ0n) is 30.6. The van der Waals surface area contributed by atoms with Crippen molar-refractivity contribution in [2.75, 3.05) is 0 Å². The average Bonchev–Trinajstić information content (AvgIpc) is 3.96. The zero-order chi connectivity index (χ0) is 37.5. The lowest BCUT2D eigenvalue weighted by molar-refractivity contribution is 0.680. The van der Waals surface area contributed by atoms with Gasteiger partial charge in [-0.3, -0.25) is 0 Å². The van der Waals surface area contributed by atoms with Crippen molar-refractivity contribution in [3.63, 3.8) is 0 Å². The minimum atomic E-state index is -0.297. The molecule has 4 heterocycles. The number of thiophene rings is 2. The molecule has 0 amide bonds. The quantitative estimate of drug-likeness (QED) is 0.186. The summed E-state index contributed by atoms with van der Waals surface area (Å²) in [6.07, 6.45) is -0.297. The van der Waals surface area contributed by atoms with Gasteiger partial charge in [-0.25, -0.2) is 9.98 Å². The summed E-state index contributed by atoms with van der Waals surface area (Å²) < 4.78 is 7.52. The Kier molecular flexibility index (Phi) is 7.30. The monoisotopic (exact) mass is 764 g/mol. The molecule has 8 aromatic carbocycles. The van der Waals surface area contributed by atoms with Gasteiger partial charge in [0.25, 0.3) is 0 Å². The summed E-state index contributed by atoms with van der Waals surface area (Å²) in [4.78, 5) is 10.2. The highest BCUT2D eigenvalue weighted by molar-refractivity contribution is 7.26. The Labute approximate surface area is 336 Å². The number of nitrogens with one attached hydrogen (secondary N) is 1. The molecule has 0 radical (unpaired) electrons. The third-order valence-electron chi connectivity index (χ3n) is 11.3. The molecule has 1 atom stereocenters. The summed E-state index contributed by atoms with van der Waals surface area (Å²) in [6, 6.07) is 65.4. The second kappa shape index (κ2) is 12.8. The van der Waals surface area contributed by atoms with E-state index in [2.05, 4.69) is 168 Å². The van der Waals surface area contributed by atoms with Gasteiger partial charge in [0.15, 0.2) is 5.84 Å². The van der Waals surface area contributed by atoms with Crippen LogP contribution in [-0.4, -0.2) is 16.2 Å². The van der Waals surface area contributed by atoms with Crippen LogP contribution >= 0.6 is 22.7 Å². The molecule has 0 bridgehead atoms. The van der Waals surface area contributed by atoms with Gasteiger partial charge < -0.3 is 9.88 Å². The van der Waals surface area contributed by atoms with Crippen LogP contribution in [0.15, 0.2) is 192 Å². The number of benzene rings is 8. The Morgan fingerprint density at radius 1 is 0.456 bits per heavy atom. The van der Waals surface area contributed by atoms with Crippen molar-refractivity contribution in [1.29, 1.82) is 0 Å². The number of hydrogen-bond acceptors (Lipinski definition) is 5. The Balaban J connectivity index is 0.970. The van der Waals surface area contributed by atoms with Gasteiger partial charge in [-0.15, -0.1) is 22.7 Å². The van der Waals surface area contributed by atoms with E-state index in [1.807, 2.05) is 46.9 Å². The minimum absolute atomic E-state index is 0.297. The molecule has 0 spiro atoms. The highest BCUT2D eigenvalue weighted by Crippen LogP contribution is 2.45. The number of para-hydroxylation sites is 2. The predicted molar refractivity (Wildman–Crippen MR) is 244 cm³/mol. The third kappa shape index (κ3) is 5.18. The maximum atomic E-state index is 5.23. The molecule has 57 heavy (non-hydrogen) atoms. The maximum Gasteiger partial charge on any atom is 0.159 e. The average molecular weight is 765 g/mol. The fourth-order valence-electron chi connectivity index (χ4n) is 8.63. The van der Waals surface area contributed by atoms with E-state index in [-0.39, 0.29) is 6.17 Å². The lowest BCUT2D eigenvalue weighted by Gasteiger charge is -2.24. The SMILES string of the molecule is c1ccc(C2=NC(c3cccc4c3sc3c(-c5ccc6sc7cc(-n8c9ccccc9c9ccccc98)ccc7c6c5)cccc34)NC(c3ccccc3)=N2)cc1. The van der Waals surface area contributed by atoms with E-state index >= 15 is 0 Å². The molecule has 12 rings (SSSR count). The number of aromatic nitrogens is 1. The number of aliphatic imine (C=N–C) groups is 2. The van der Waals surface area contributed by atoms with Crippen molar-refractivity contribution in [2.24, 2.45) is 9.98 Å². The molecule has 1 aliphatic heterocycles. The van der Waals surface area contributed by atoms with Crippen molar-refractivity contribution < 1.29 is 0 Å². The molecule has 3 aromatic heterocycles. The van der Waals surface area contributed by atoms with E-state index in [1.54, 1.807) is 0 Å². The largest absolute Gasteiger partial charge is 0.344 e. The highest BCUT2D eigenvalue weighted by Gasteiger charge is 2.24. The normalized spacial score (nSPS) is 14.5. The topological polar surface area (TPSA) is 41.7 Å². The Bertz CT molecular complexity index is 3390. The van der Waals surface area contributed by atoms with Gasteiger partial charge in [0.2, 0.25) is 0 Å². The van der Waals surface area contributed by atoms with Crippen molar-refractivity contribution in [2.45, 2.75) is 6.17 Å². The molecule has 268 valence electrons. The fraction of sp³-hybridized carbons (Fsp3) is 0.0196. The van der Waals surface area contributed by atoms with Crippen molar-refractivity contribution in [3.8, 4) is 16.8 Å². The number of nitrogens with zero attached hydrogens (tertiary/aromatic N) is 3. The van der Waals surface area contributed by atoms with Gasteiger partial charge in [-0.1, -0.05) is 146 Å². The molecule has 1 aliphatic rings. The minimum Gasteiger partial charge on any atom is -0.344 e. The molecule has 11 aromatic rings. The van der Waals surface area contributed by atoms with Crippen molar-refractivity contribution in [3.05, 3.63) is 199 Å². The molecular formula is C51H32N4S2. The first kappa shape index (κ1) is 32.4. The number of rotatable bonds is 5. The van der Waals surface area contributed by atoms with Crippen LogP contribution in [0.3, 0.4) is 0 Å². The van der Waals surface area contributed by atoms with E-state index < -0.39 is 0 Å². The van der Waals surface area contributed by atoms with Gasteiger partial charge in [-0.2, -0.15) is 0 Å². The van der Waals surface area contributed by atoms with Crippen molar-refractivity contribution in [1.82, 2.24) is 9.88 Å². The fourth-order valence-corrected chi connectivity index (χ4v) is 11.1. The van der Waals surface area contributed by atoms with Crippen LogP contribution in [0.4, 0.5) is 0 Å². The molecule has 0 aliphatic carbocycles. The Morgan fingerprint density at radius 2 is 1.12 bits per heavy atom. The summed E-state index contributed by atoms with van der Waals surface area (Å²) in [5, 5.41) is 11.4. The van der Waals surface area contributed by atoms with Crippen molar-refractivity contribution >= 4 is 96.5 Å². The summed E-state index contributed by atoms with van der Waals surface area (Å²) in [7, 11) is 0. The van der Waals surface area contributed by atoms with Crippen LogP contribution in [0.5, 0.6) is 0 Å². The highest BCUT2D eigenvalue weighted by atomic mass is 32.1. The van der Waals surface area contributed by atoms with Gasteiger partial charge >= 0.3 is 0 Å². The van der Waals surface area contributed by atoms with E-state index in [0.29, 0.717) is 0 Å². The van der Waals surface area contributed by atoms with Crippen LogP contribution in [0, 0.1) is 0 Å². The van der Waals surface area contributed by atoms with Gasteiger partial charge in [0.05, 0.1) is 11.0 Å². The van der Waals surface area contributed by atoms with E-state index in [9.17, 15) is 0 Å². The van der Waals surface area contributed by atoms with Crippen LogP contribution in [0.1, 0.15) is 22.9 Å². The Hall–Kier alpha value is -6.86. The summed E-state index contributed by atoms with van der Waals surface area (Å²) in [5.41, 5.74) is 9.31. The van der Waals surface area contributed by atoms with Gasteiger partial charge in [0.1, 0.15) is 12.0 Å².